The number of fused-ring (bicyclic) bond motifs is 1. The largest absolute Gasteiger partial charge is 0.490 e. The Morgan fingerprint density at radius 1 is 1.36 bits per heavy atom. The second kappa shape index (κ2) is 11.2. The van der Waals surface area contributed by atoms with E-state index in [1.165, 1.54) is 59.8 Å². The van der Waals surface area contributed by atoms with Crippen LogP contribution in [0, 0.1) is 10.1 Å². The molecule has 1 saturated heterocycles. The van der Waals surface area contributed by atoms with E-state index in [9.17, 15) is 24.5 Å². The van der Waals surface area contributed by atoms with E-state index in [2.05, 4.69) is 10.5 Å². The van der Waals surface area contributed by atoms with Gasteiger partial charge in [-0.05, 0) is 17.7 Å². The second-order valence-corrected chi connectivity index (χ2v) is 9.98. The highest BCUT2D eigenvalue weighted by molar-refractivity contribution is 8.02. The van der Waals surface area contributed by atoms with Gasteiger partial charge >= 0.3 is 5.97 Å². The average molecular weight is 555 g/mol. The Hall–Kier alpha value is -3.23. The third-order valence-corrected chi connectivity index (χ3v) is 7.73. The number of non-ortho nitro benzene ring substituents is 1. The molecule has 0 saturated carbocycles. The van der Waals surface area contributed by atoms with E-state index in [4.69, 9.17) is 25.9 Å². The monoisotopic (exact) mass is 554 g/mol. The third kappa shape index (κ3) is 5.29. The van der Waals surface area contributed by atoms with Crippen LogP contribution in [0.4, 0.5) is 5.69 Å². The number of β-lactam (4-membered cyclic amide) rings is 1. The zero-order valence-corrected chi connectivity index (χ0v) is 21.1. The van der Waals surface area contributed by atoms with Crippen LogP contribution in [0.2, 0.25) is 0 Å². The van der Waals surface area contributed by atoms with Gasteiger partial charge in [-0.1, -0.05) is 16.8 Å². The molecule has 3 aliphatic heterocycles. The fourth-order valence-electron chi connectivity index (χ4n) is 3.49. The van der Waals surface area contributed by atoms with Crippen molar-refractivity contribution in [1.29, 1.82) is 0 Å². The maximum absolute atomic E-state index is 12.9. The number of hydrogen-bond donors (Lipinski definition) is 1. The van der Waals surface area contributed by atoms with Gasteiger partial charge in [0.05, 0.1) is 16.6 Å². The Morgan fingerprint density at radius 3 is 2.75 bits per heavy atom. The van der Waals surface area contributed by atoms with E-state index in [1.807, 2.05) is 0 Å². The Morgan fingerprint density at radius 2 is 2.11 bits per heavy atom. The number of thioether (sulfide) groups is 2. The second-order valence-electron chi connectivity index (χ2n) is 7.44. The number of nitrogens with zero attached hydrogens (tertiary/aromatic N) is 3. The van der Waals surface area contributed by atoms with E-state index in [0.29, 0.717) is 12.2 Å². The average Bonchev–Trinajstić information content (AvgIpc) is 2.89. The molecule has 0 radical (unpaired) electrons. The first-order chi connectivity index (χ1) is 17.3. The Bertz CT molecular complexity index is 1190. The maximum Gasteiger partial charge on any atom is 0.356 e. The Labute approximate surface area is 218 Å². The number of oxime groups is 1. The van der Waals surface area contributed by atoms with Crippen LogP contribution >= 0.6 is 35.1 Å². The maximum atomic E-state index is 12.9. The zero-order chi connectivity index (χ0) is 25.8. The minimum absolute atomic E-state index is 0.0916. The van der Waals surface area contributed by atoms with Crippen molar-refractivity contribution in [2.75, 3.05) is 25.2 Å². The minimum atomic E-state index is -0.927. The minimum Gasteiger partial charge on any atom is -0.490 e. The SMILES string of the molecule is CON=C(C(=O)NC1C(=O)N2C(C(=O)OCc3ccc([N+](=O)[O-])cc3)=C(Cl)CS[C@@H]12)C1=CSCCO1. The van der Waals surface area contributed by atoms with Crippen LogP contribution in [0.3, 0.4) is 0 Å². The standard InChI is InChI=1S/C21H19ClN4O8S2/c1-32-24-15(14-10-35-7-6-33-14)18(27)23-16-19(28)25-17(13(22)9-36-20(16)25)21(29)34-8-11-2-4-12(5-3-11)26(30)31/h2-5,10,16,20H,6-9H2,1H3,(H,23,27)/t16?,20-/m0/s1. The van der Waals surface area contributed by atoms with Crippen molar-refractivity contribution in [2.24, 2.45) is 5.16 Å². The van der Waals surface area contributed by atoms with Crippen molar-refractivity contribution in [3.63, 3.8) is 0 Å². The molecule has 12 nitrogen and oxygen atoms in total. The fraction of sp³-hybridized carbons (Fsp3) is 0.333. The molecular formula is C21H19ClN4O8S2. The molecule has 1 N–H and O–H groups in total. The number of hydrogen-bond acceptors (Lipinski definition) is 11. The zero-order valence-electron chi connectivity index (χ0n) is 18.7. The molecule has 1 unspecified atom stereocenters. The lowest BCUT2D eigenvalue weighted by Crippen LogP contribution is -2.71. The van der Waals surface area contributed by atoms with E-state index >= 15 is 0 Å². The van der Waals surface area contributed by atoms with E-state index < -0.39 is 34.1 Å². The van der Waals surface area contributed by atoms with Crippen LogP contribution in [0.1, 0.15) is 5.56 Å². The van der Waals surface area contributed by atoms with E-state index in [-0.39, 0.29) is 40.2 Å². The van der Waals surface area contributed by atoms with Gasteiger partial charge in [0.25, 0.3) is 17.5 Å². The van der Waals surface area contributed by atoms with Crippen LogP contribution in [0.5, 0.6) is 0 Å². The van der Waals surface area contributed by atoms with Gasteiger partial charge in [-0.15, -0.1) is 23.5 Å². The Kier molecular flexibility index (Phi) is 8.06. The molecule has 1 aromatic rings. The number of carbonyl (C=O) groups is 3. The quantitative estimate of drug-likeness (QED) is 0.166. The third-order valence-electron chi connectivity index (χ3n) is 5.20. The summed E-state index contributed by atoms with van der Waals surface area (Å²) in [5, 5.41) is 18.4. The van der Waals surface area contributed by atoms with Gasteiger partial charge in [-0.2, -0.15) is 0 Å². The Balaban J connectivity index is 1.41. The molecule has 3 aliphatic rings. The lowest BCUT2D eigenvalue weighted by atomic mass is 10.0. The van der Waals surface area contributed by atoms with Gasteiger partial charge in [0.2, 0.25) is 5.71 Å². The summed E-state index contributed by atoms with van der Waals surface area (Å²) in [6.45, 7) is 0.226. The van der Waals surface area contributed by atoms with Gasteiger partial charge in [-0.25, -0.2) is 4.79 Å². The highest BCUT2D eigenvalue weighted by Gasteiger charge is 2.54. The first-order valence-electron chi connectivity index (χ1n) is 10.4. The van der Waals surface area contributed by atoms with Crippen molar-refractivity contribution in [1.82, 2.24) is 10.2 Å². The lowest BCUT2D eigenvalue weighted by Gasteiger charge is -2.49. The van der Waals surface area contributed by atoms with Crippen molar-refractivity contribution in [3.8, 4) is 0 Å². The first kappa shape index (κ1) is 25.9. The van der Waals surface area contributed by atoms with Crippen LogP contribution in [-0.4, -0.2) is 70.0 Å². The van der Waals surface area contributed by atoms with E-state index in [0.717, 1.165) is 5.75 Å². The molecule has 3 heterocycles. The van der Waals surface area contributed by atoms with Crippen molar-refractivity contribution in [2.45, 2.75) is 18.0 Å². The molecule has 0 aromatic heterocycles. The lowest BCUT2D eigenvalue weighted by molar-refractivity contribution is -0.384. The fourth-order valence-corrected chi connectivity index (χ4v) is 5.67. The normalized spacial score (nSPS) is 21.5. The van der Waals surface area contributed by atoms with Crippen molar-refractivity contribution >= 4 is 64.3 Å². The number of nitrogens with one attached hydrogen (secondary N) is 1. The van der Waals surface area contributed by atoms with Gasteiger partial charge in [-0.3, -0.25) is 24.6 Å². The summed E-state index contributed by atoms with van der Waals surface area (Å²) in [6.07, 6.45) is 0. The molecule has 0 aliphatic carbocycles. The summed E-state index contributed by atoms with van der Waals surface area (Å²) in [5.41, 5.74) is 0.229. The number of carbonyl (C=O) groups excluding carboxylic acids is 3. The molecule has 2 amide bonds. The van der Waals surface area contributed by atoms with Gasteiger partial charge in [0.15, 0.2) is 5.76 Å². The molecule has 1 fully saturated rings. The molecule has 15 heteroatoms. The van der Waals surface area contributed by atoms with Crippen molar-refractivity contribution < 1.29 is 33.6 Å². The highest BCUT2D eigenvalue weighted by atomic mass is 35.5. The number of esters is 1. The molecular weight excluding hydrogens is 536 g/mol. The van der Waals surface area contributed by atoms with Gasteiger partial charge < -0.3 is 19.6 Å². The molecule has 4 rings (SSSR count). The summed E-state index contributed by atoms with van der Waals surface area (Å²) in [5.74, 6) is -0.812. The summed E-state index contributed by atoms with van der Waals surface area (Å²) in [4.78, 5) is 54.8. The molecule has 0 bridgehead atoms. The molecule has 190 valence electrons. The molecule has 2 atom stereocenters. The summed E-state index contributed by atoms with van der Waals surface area (Å²) in [7, 11) is 1.29. The van der Waals surface area contributed by atoms with Crippen LogP contribution in [-0.2, 0) is 35.3 Å². The van der Waals surface area contributed by atoms with Crippen LogP contribution in [0.25, 0.3) is 0 Å². The first-order valence-corrected chi connectivity index (χ1v) is 12.9. The number of nitro benzene ring substituents is 1. The van der Waals surface area contributed by atoms with E-state index in [1.54, 1.807) is 5.41 Å². The highest BCUT2D eigenvalue weighted by Crippen LogP contribution is 2.41. The van der Waals surface area contributed by atoms with Crippen LogP contribution < -0.4 is 5.32 Å². The summed E-state index contributed by atoms with van der Waals surface area (Å²) < 4.78 is 10.8. The van der Waals surface area contributed by atoms with Gasteiger partial charge in [0.1, 0.15) is 30.8 Å². The number of nitro groups is 1. The number of benzene rings is 1. The predicted molar refractivity (Wildman–Crippen MR) is 132 cm³/mol. The molecule has 36 heavy (non-hydrogen) atoms. The number of halogens is 1. The summed E-state index contributed by atoms with van der Waals surface area (Å²) >= 11 is 9.00. The number of rotatable bonds is 8. The smallest absolute Gasteiger partial charge is 0.356 e. The topological polar surface area (TPSA) is 150 Å². The number of ether oxygens (including phenoxy) is 2. The predicted octanol–water partition coefficient (Wildman–Crippen LogP) is 2.10. The van der Waals surface area contributed by atoms with Crippen molar-refractivity contribution in [3.05, 3.63) is 61.8 Å². The summed E-state index contributed by atoms with van der Waals surface area (Å²) in [6, 6.07) is 4.59. The van der Waals surface area contributed by atoms with Crippen LogP contribution in [0.15, 0.2) is 51.3 Å². The molecule has 0 spiro atoms. The van der Waals surface area contributed by atoms with Gasteiger partial charge in [0, 0.05) is 29.0 Å². The molecule has 1 aromatic carbocycles. The number of amides is 2.